The summed E-state index contributed by atoms with van der Waals surface area (Å²) in [5.41, 5.74) is 4.49. The fraction of sp³-hybridized carbons (Fsp3) is 0.190. The molecule has 0 unspecified atom stereocenters. The second kappa shape index (κ2) is 6.49. The van der Waals surface area contributed by atoms with Crippen molar-refractivity contribution in [2.24, 2.45) is 0 Å². The predicted molar refractivity (Wildman–Crippen MR) is 101 cm³/mol. The SMILES string of the molecule is C#CCN(c1ccc(C=O)cc1)[C@H]1CCc2cc3nc[nH]c(=O)c3cc21. The monoisotopic (exact) mass is 343 g/mol. The van der Waals surface area contributed by atoms with Crippen LogP contribution >= 0.6 is 0 Å². The van der Waals surface area contributed by atoms with E-state index in [0.29, 0.717) is 23.0 Å². The molecule has 1 aliphatic rings. The summed E-state index contributed by atoms with van der Waals surface area (Å²) in [6.07, 6.45) is 9.70. The van der Waals surface area contributed by atoms with Crippen molar-refractivity contribution in [3.8, 4) is 12.3 Å². The first kappa shape index (κ1) is 16.1. The molecule has 0 amide bonds. The van der Waals surface area contributed by atoms with Crippen LogP contribution in [0.3, 0.4) is 0 Å². The molecule has 0 fully saturated rings. The van der Waals surface area contributed by atoms with Gasteiger partial charge in [-0.1, -0.05) is 5.92 Å². The second-order valence-electron chi connectivity index (χ2n) is 6.40. The van der Waals surface area contributed by atoms with E-state index >= 15 is 0 Å². The van der Waals surface area contributed by atoms with Crippen molar-refractivity contribution in [3.63, 3.8) is 0 Å². The molecule has 2 aromatic carbocycles. The molecule has 0 saturated heterocycles. The first-order valence-electron chi connectivity index (χ1n) is 8.47. The summed E-state index contributed by atoms with van der Waals surface area (Å²) in [6, 6.07) is 11.4. The number of aryl methyl sites for hydroxylation is 1. The van der Waals surface area contributed by atoms with Gasteiger partial charge in [-0.3, -0.25) is 9.59 Å². The van der Waals surface area contributed by atoms with Gasteiger partial charge in [0.1, 0.15) is 6.29 Å². The van der Waals surface area contributed by atoms with Crippen LogP contribution in [0.2, 0.25) is 0 Å². The molecular formula is C21H17N3O2. The smallest absolute Gasteiger partial charge is 0.258 e. The summed E-state index contributed by atoms with van der Waals surface area (Å²) in [7, 11) is 0. The molecule has 1 aromatic heterocycles. The number of rotatable bonds is 4. The molecule has 1 aliphatic carbocycles. The lowest BCUT2D eigenvalue weighted by Gasteiger charge is -2.30. The molecule has 0 saturated carbocycles. The van der Waals surface area contributed by atoms with Crippen molar-refractivity contribution in [1.82, 2.24) is 9.97 Å². The van der Waals surface area contributed by atoms with Gasteiger partial charge in [0, 0.05) is 11.3 Å². The molecule has 5 nitrogen and oxygen atoms in total. The highest BCUT2D eigenvalue weighted by atomic mass is 16.1. The lowest BCUT2D eigenvalue weighted by Crippen LogP contribution is -2.27. The van der Waals surface area contributed by atoms with Crippen molar-refractivity contribution >= 4 is 22.9 Å². The Labute approximate surface area is 150 Å². The molecule has 0 bridgehead atoms. The number of anilines is 1. The summed E-state index contributed by atoms with van der Waals surface area (Å²) in [5.74, 6) is 2.73. The van der Waals surface area contributed by atoms with Gasteiger partial charge >= 0.3 is 0 Å². The summed E-state index contributed by atoms with van der Waals surface area (Å²) in [5, 5.41) is 0.593. The quantitative estimate of drug-likeness (QED) is 0.584. The summed E-state index contributed by atoms with van der Waals surface area (Å²) >= 11 is 0. The van der Waals surface area contributed by atoms with Crippen LogP contribution in [0.15, 0.2) is 47.5 Å². The topological polar surface area (TPSA) is 66.1 Å². The Morgan fingerprint density at radius 1 is 1.31 bits per heavy atom. The predicted octanol–water partition coefficient (Wildman–Crippen LogP) is 2.86. The Balaban J connectivity index is 1.80. The third-order valence-electron chi connectivity index (χ3n) is 4.95. The number of carbonyl (C=O) groups is 1. The Hall–Kier alpha value is -3.39. The molecule has 3 aromatic rings. The van der Waals surface area contributed by atoms with E-state index in [1.165, 1.54) is 11.9 Å². The Morgan fingerprint density at radius 2 is 2.12 bits per heavy atom. The van der Waals surface area contributed by atoms with E-state index in [2.05, 4.69) is 20.8 Å². The van der Waals surface area contributed by atoms with Gasteiger partial charge in [-0.2, -0.15) is 0 Å². The minimum absolute atomic E-state index is 0.0899. The van der Waals surface area contributed by atoms with E-state index in [1.807, 2.05) is 24.3 Å². The summed E-state index contributed by atoms with van der Waals surface area (Å²) in [4.78, 5) is 32.1. The van der Waals surface area contributed by atoms with Gasteiger partial charge < -0.3 is 9.88 Å². The lowest BCUT2D eigenvalue weighted by atomic mass is 10.0. The third-order valence-corrected chi connectivity index (χ3v) is 4.95. The molecule has 0 spiro atoms. The number of H-pyrrole nitrogens is 1. The van der Waals surface area contributed by atoms with Crippen molar-refractivity contribution in [3.05, 3.63) is 69.8 Å². The number of terminal acetylenes is 1. The molecule has 5 heteroatoms. The van der Waals surface area contributed by atoms with Gasteiger partial charge in [0.25, 0.3) is 5.56 Å². The van der Waals surface area contributed by atoms with Gasteiger partial charge in [-0.15, -0.1) is 6.42 Å². The van der Waals surface area contributed by atoms with E-state index in [4.69, 9.17) is 6.42 Å². The molecule has 0 radical (unpaired) electrons. The Morgan fingerprint density at radius 3 is 2.85 bits per heavy atom. The van der Waals surface area contributed by atoms with Crippen LogP contribution in [-0.4, -0.2) is 22.8 Å². The van der Waals surface area contributed by atoms with Crippen LogP contribution in [0.4, 0.5) is 5.69 Å². The molecule has 0 aliphatic heterocycles. The maximum atomic E-state index is 12.1. The fourth-order valence-electron chi connectivity index (χ4n) is 3.70. The number of hydrogen-bond acceptors (Lipinski definition) is 4. The van der Waals surface area contributed by atoms with Crippen molar-refractivity contribution in [2.75, 3.05) is 11.4 Å². The van der Waals surface area contributed by atoms with Crippen LogP contribution in [0.5, 0.6) is 0 Å². The average molecular weight is 343 g/mol. The molecule has 128 valence electrons. The van der Waals surface area contributed by atoms with Crippen LogP contribution in [0, 0.1) is 12.3 Å². The zero-order chi connectivity index (χ0) is 18.1. The minimum Gasteiger partial charge on any atom is -0.353 e. The van der Waals surface area contributed by atoms with E-state index in [1.54, 1.807) is 12.1 Å². The third kappa shape index (κ3) is 2.66. The number of nitrogens with zero attached hydrogens (tertiary/aromatic N) is 2. The first-order valence-corrected chi connectivity index (χ1v) is 8.47. The summed E-state index contributed by atoms with van der Waals surface area (Å²) < 4.78 is 0. The molecule has 1 atom stereocenters. The Kier molecular flexibility index (Phi) is 4.02. The molecule has 1 N–H and O–H groups in total. The zero-order valence-electron chi connectivity index (χ0n) is 14.1. The van der Waals surface area contributed by atoms with Crippen LogP contribution in [0.1, 0.15) is 33.9 Å². The average Bonchev–Trinajstić information content (AvgIpc) is 3.08. The number of aromatic amines is 1. The molecule has 26 heavy (non-hydrogen) atoms. The lowest BCUT2D eigenvalue weighted by molar-refractivity contribution is 0.112. The van der Waals surface area contributed by atoms with Crippen LogP contribution < -0.4 is 10.5 Å². The Bertz CT molecular complexity index is 1080. The van der Waals surface area contributed by atoms with Gasteiger partial charge in [0.05, 0.1) is 29.8 Å². The second-order valence-corrected chi connectivity index (χ2v) is 6.40. The van der Waals surface area contributed by atoms with Gasteiger partial charge in [-0.25, -0.2) is 4.98 Å². The van der Waals surface area contributed by atoms with Gasteiger partial charge in [0.15, 0.2) is 0 Å². The highest BCUT2D eigenvalue weighted by Crippen LogP contribution is 2.39. The maximum absolute atomic E-state index is 12.1. The number of aromatic nitrogens is 2. The van der Waals surface area contributed by atoms with Gasteiger partial charge in [0.2, 0.25) is 0 Å². The van der Waals surface area contributed by atoms with Crippen molar-refractivity contribution < 1.29 is 4.79 Å². The van der Waals surface area contributed by atoms with Crippen LogP contribution in [-0.2, 0) is 6.42 Å². The highest BCUT2D eigenvalue weighted by molar-refractivity contribution is 5.80. The molecule has 4 rings (SSSR count). The van der Waals surface area contributed by atoms with E-state index in [0.717, 1.165) is 30.4 Å². The van der Waals surface area contributed by atoms with E-state index in [9.17, 15) is 9.59 Å². The van der Waals surface area contributed by atoms with Gasteiger partial charge in [-0.05, 0) is 60.4 Å². The fourth-order valence-corrected chi connectivity index (χ4v) is 3.70. The molecule has 1 heterocycles. The van der Waals surface area contributed by atoms with E-state index in [-0.39, 0.29) is 11.6 Å². The number of hydrogen-bond donors (Lipinski definition) is 1. The zero-order valence-corrected chi connectivity index (χ0v) is 14.1. The number of aldehydes is 1. The standard InChI is InChI=1S/C21H17N3O2/c1-2-9-24(16-6-3-14(12-25)4-7-16)20-8-5-15-10-19-18(11-17(15)20)21(26)23-13-22-19/h1,3-4,6-7,10-13,20H,5,8-9H2,(H,22,23,26)/t20-/m0/s1. The minimum atomic E-state index is -0.137. The highest BCUT2D eigenvalue weighted by Gasteiger charge is 2.29. The number of carbonyl (C=O) groups excluding carboxylic acids is 1. The molecular weight excluding hydrogens is 326 g/mol. The maximum Gasteiger partial charge on any atom is 0.258 e. The normalized spacial score (nSPS) is 15.4. The number of fused-ring (bicyclic) bond motifs is 2. The van der Waals surface area contributed by atoms with Crippen molar-refractivity contribution in [1.29, 1.82) is 0 Å². The first-order chi connectivity index (χ1) is 12.7. The number of benzene rings is 2. The van der Waals surface area contributed by atoms with E-state index < -0.39 is 0 Å². The largest absolute Gasteiger partial charge is 0.353 e. The van der Waals surface area contributed by atoms with Crippen LogP contribution in [0.25, 0.3) is 10.9 Å². The van der Waals surface area contributed by atoms with Crippen molar-refractivity contribution in [2.45, 2.75) is 18.9 Å². The summed E-state index contributed by atoms with van der Waals surface area (Å²) in [6.45, 7) is 0.450. The number of nitrogens with one attached hydrogen (secondary N) is 1.